The van der Waals surface area contributed by atoms with Gasteiger partial charge in [0.25, 0.3) is 0 Å². The van der Waals surface area contributed by atoms with Crippen molar-refractivity contribution in [3.05, 3.63) is 47.8 Å². The summed E-state index contributed by atoms with van der Waals surface area (Å²) >= 11 is 0. The Hall–Kier alpha value is -2.87. The maximum Gasteiger partial charge on any atom is 0.305 e. The summed E-state index contributed by atoms with van der Waals surface area (Å²) in [6, 6.07) is 0. The Morgan fingerprint density at radius 2 is 1.79 bits per heavy atom. The second-order valence-corrected chi connectivity index (χ2v) is 9.06. The third kappa shape index (κ3) is 7.32. The fourth-order valence-corrected chi connectivity index (χ4v) is 4.44. The molecule has 34 heavy (non-hydrogen) atoms. The van der Waals surface area contributed by atoms with E-state index >= 15 is 0 Å². The van der Waals surface area contributed by atoms with E-state index in [0.717, 1.165) is 5.57 Å². The van der Waals surface area contributed by atoms with Gasteiger partial charge in [-0.1, -0.05) is 24.8 Å². The first-order valence-corrected chi connectivity index (χ1v) is 11.5. The van der Waals surface area contributed by atoms with Crippen molar-refractivity contribution in [1.29, 1.82) is 0 Å². The van der Waals surface area contributed by atoms with Gasteiger partial charge in [0.1, 0.15) is 12.2 Å². The lowest BCUT2D eigenvalue weighted by molar-refractivity contribution is -0.182. The molecular weight excluding hydrogens is 440 g/mol. The zero-order chi connectivity index (χ0) is 25.6. The van der Waals surface area contributed by atoms with E-state index in [1.165, 1.54) is 27.0 Å². The summed E-state index contributed by atoms with van der Waals surface area (Å²) in [5.41, 5.74) is 2.83. The van der Waals surface area contributed by atoms with E-state index in [1.807, 2.05) is 13.0 Å². The van der Waals surface area contributed by atoms with Gasteiger partial charge in [-0.15, -0.1) is 0 Å². The minimum absolute atomic E-state index is 0.148. The van der Waals surface area contributed by atoms with Crippen molar-refractivity contribution in [3.8, 4) is 0 Å². The predicted molar refractivity (Wildman–Crippen MR) is 125 cm³/mol. The molecule has 0 saturated carbocycles. The van der Waals surface area contributed by atoms with Gasteiger partial charge in [-0.25, -0.2) is 0 Å². The molecule has 8 heteroatoms. The molecule has 0 fully saturated rings. The highest BCUT2D eigenvalue weighted by atomic mass is 16.7. The molecule has 188 valence electrons. The van der Waals surface area contributed by atoms with Crippen LogP contribution in [0.2, 0.25) is 0 Å². The van der Waals surface area contributed by atoms with Crippen LogP contribution in [0.5, 0.6) is 0 Å². The quantitative estimate of drug-likeness (QED) is 0.335. The van der Waals surface area contributed by atoms with Crippen molar-refractivity contribution in [2.24, 2.45) is 11.8 Å². The highest BCUT2D eigenvalue weighted by Gasteiger charge is 2.45. The maximum absolute atomic E-state index is 12.0. The molecule has 1 heterocycles. The topological polar surface area (TPSA) is 108 Å². The van der Waals surface area contributed by atoms with Gasteiger partial charge in [-0.05, 0) is 44.3 Å². The van der Waals surface area contributed by atoms with Crippen LogP contribution in [0.15, 0.2) is 47.8 Å². The predicted octanol–water partition coefficient (Wildman–Crippen LogP) is 3.90. The van der Waals surface area contributed by atoms with Crippen LogP contribution in [0.3, 0.4) is 0 Å². The molecule has 3 unspecified atom stereocenters. The molecule has 0 bridgehead atoms. The molecule has 6 atom stereocenters. The Labute approximate surface area is 201 Å². The smallest absolute Gasteiger partial charge is 0.305 e. The van der Waals surface area contributed by atoms with E-state index in [1.54, 1.807) is 6.92 Å². The number of rotatable bonds is 7. The van der Waals surface area contributed by atoms with Crippen LogP contribution in [0.4, 0.5) is 0 Å². The second kappa shape index (κ2) is 12.0. The third-order valence-corrected chi connectivity index (χ3v) is 6.14. The van der Waals surface area contributed by atoms with E-state index in [-0.39, 0.29) is 12.3 Å². The number of ether oxygens (including phenoxy) is 4. The molecule has 0 radical (unpaired) electrons. The summed E-state index contributed by atoms with van der Waals surface area (Å²) in [5.74, 6) is -2.38. The Kier molecular flexibility index (Phi) is 9.67. The number of aliphatic hydroxyl groups is 1. The average Bonchev–Trinajstić information content (AvgIpc) is 2.77. The van der Waals surface area contributed by atoms with Crippen LogP contribution in [0.1, 0.15) is 60.3 Å². The molecule has 0 spiro atoms. The molecule has 0 aromatic heterocycles. The standard InChI is InChI=1S/C26H36O8/c1-14(2)23(32-17(5)27)12-24(33-18(6)28)21-13-31-26(34-19(7)29)25-16(4)22(30)11-9-15(3)8-10-20(21)25/h9,13,20,22-26,30H,1,4,8,10-12H2,2-3,5-7H3/b15-9+/t20-,22-,23?,24?,25?,26-/m1/s1. The van der Waals surface area contributed by atoms with Crippen LogP contribution in [-0.4, -0.2) is 47.6 Å². The Bertz CT molecular complexity index is 883. The van der Waals surface area contributed by atoms with Crippen molar-refractivity contribution in [2.45, 2.75) is 84.9 Å². The highest BCUT2D eigenvalue weighted by Crippen LogP contribution is 2.44. The number of carbonyl (C=O) groups is 3. The van der Waals surface area contributed by atoms with Crippen molar-refractivity contribution in [3.63, 3.8) is 0 Å². The summed E-state index contributed by atoms with van der Waals surface area (Å²) in [7, 11) is 0. The lowest BCUT2D eigenvalue weighted by Crippen LogP contribution is -2.43. The van der Waals surface area contributed by atoms with Crippen LogP contribution < -0.4 is 0 Å². The SMILES string of the molecule is C=C(C)C(CC(OC(C)=O)C1=CO[C@H](OC(C)=O)C2C(=C)[C@H](O)C/C=C(\C)CC[C@H]12)OC(C)=O. The highest BCUT2D eigenvalue weighted by molar-refractivity contribution is 5.67. The second-order valence-electron chi connectivity index (χ2n) is 9.06. The molecule has 2 rings (SSSR count). The molecular formula is C26H36O8. The van der Waals surface area contributed by atoms with E-state index in [9.17, 15) is 19.5 Å². The molecule has 0 aromatic carbocycles. The number of hydrogen-bond donors (Lipinski definition) is 1. The number of allylic oxidation sites excluding steroid dienone is 1. The fourth-order valence-electron chi connectivity index (χ4n) is 4.44. The van der Waals surface area contributed by atoms with Crippen LogP contribution >= 0.6 is 0 Å². The van der Waals surface area contributed by atoms with Crippen LogP contribution in [0, 0.1) is 11.8 Å². The molecule has 1 N–H and O–H groups in total. The monoisotopic (exact) mass is 476 g/mol. The van der Waals surface area contributed by atoms with Crippen LogP contribution in [0.25, 0.3) is 0 Å². The van der Waals surface area contributed by atoms with Crippen molar-refractivity contribution in [1.82, 2.24) is 0 Å². The third-order valence-electron chi connectivity index (χ3n) is 6.14. The first-order valence-electron chi connectivity index (χ1n) is 11.5. The molecule has 1 aliphatic carbocycles. The Morgan fingerprint density at radius 1 is 1.15 bits per heavy atom. The maximum atomic E-state index is 12.0. The number of fused-ring (bicyclic) bond motifs is 1. The first-order chi connectivity index (χ1) is 15.9. The Balaban J connectivity index is 2.53. The minimum Gasteiger partial charge on any atom is -0.462 e. The first kappa shape index (κ1) is 27.4. The lowest BCUT2D eigenvalue weighted by Gasteiger charge is -2.41. The number of hydrogen-bond acceptors (Lipinski definition) is 8. The summed E-state index contributed by atoms with van der Waals surface area (Å²) in [4.78, 5) is 35.5. The van der Waals surface area contributed by atoms with Crippen LogP contribution in [-0.2, 0) is 33.3 Å². The summed E-state index contributed by atoms with van der Waals surface area (Å²) in [5, 5.41) is 10.8. The van der Waals surface area contributed by atoms with Gasteiger partial charge in [0.05, 0.1) is 18.3 Å². The molecule has 0 amide bonds. The zero-order valence-electron chi connectivity index (χ0n) is 20.7. The zero-order valence-corrected chi connectivity index (χ0v) is 20.7. The van der Waals surface area contributed by atoms with E-state index in [2.05, 4.69) is 13.2 Å². The van der Waals surface area contributed by atoms with Gasteiger partial charge in [-0.2, -0.15) is 0 Å². The van der Waals surface area contributed by atoms with E-state index < -0.39 is 48.4 Å². The van der Waals surface area contributed by atoms with E-state index in [4.69, 9.17) is 18.9 Å². The number of carbonyl (C=O) groups excluding carboxylic acids is 3. The molecule has 0 aromatic rings. The number of aliphatic hydroxyl groups excluding tert-OH is 1. The van der Waals surface area contributed by atoms with Crippen molar-refractivity contribution >= 4 is 17.9 Å². The summed E-state index contributed by atoms with van der Waals surface area (Å²) < 4.78 is 22.3. The summed E-state index contributed by atoms with van der Waals surface area (Å²) in [6.07, 6.45) is 1.99. The van der Waals surface area contributed by atoms with Gasteiger partial charge < -0.3 is 24.1 Å². The summed E-state index contributed by atoms with van der Waals surface area (Å²) in [6.45, 7) is 15.6. The van der Waals surface area contributed by atoms with Gasteiger partial charge in [0.15, 0.2) is 0 Å². The molecule has 0 saturated heterocycles. The van der Waals surface area contributed by atoms with E-state index in [0.29, 0.717) is 36.0 Å². The lowest BCUT2D eigenvalue weighted by atomic mass is 9.73. The fraction of sp³-hybridized carbons (Fsp3) is 0.577. The minimum atomic E-state index is -0.977. The largest absolute Gasteiger partial charge is 0.462 e. The normalized spacial score (nSPS) is 28.1. The van der Waals surface area contributed by atoms with Gasteiger partial charge in [0, 0.05) is 38.7 Å². The molecule has 8 nitrogen and oxygen atoms in total. The van der Waals surface area contributed by atoms with Gasteiger partial charge >= 0.3 is 17.9 Å². The number of esters is 3. The van der Waals surface area contributed by atoms with Crippen molar-refractivity contribution < 1.29 is 38.4 Å². The molecule has 2 aliphatic rings. The molecule has 1 aliphatic heterocycles. The average molecular weight is 477 g/mol. The van der Waals surface area contributed by atoms with Gasteiger partial charge in [0.2, 0.25) is 6.29 Å². The van der Waals surface area contributed by atoms with Gasteiger partial charge in [-0.3, -0.25) is 14.4 Å². The Morgan fingerprint density at radius 3 is 2.35 bits per heavy atom. The van der Waals surface area contributed by atoms with Crippen molar-refractivity contribution in [2.75, 3.05) is 0 Å².